The van der Waals surface area contributed by atoms with Crippen molar-refractivity contribution >= 4 is 22.8 Å². The summed E-state index contributed by atoms with van der Waals surface area (Å²) in [6.45, 7) is -0.267. The summed E-state index contributed by atoms with van der Waals surface area (Å²) in [4.78, 5) is 25.3. The van der Waals surface area contributed by atoms with E-state index in [-0.39, 0.29) is 23.3 Å². The van der Waals surface area contributed by atoms with Crippen LogP contribution in [0.5, 0.6) is 0 Å². The van der Waals surface area contributed by atoms with Crippen LogP contribution in [0, 0.1) is 0 Å². The van der Waals surface area contributed by atoms with Gasteiger partial charge in [-0.3, -0.25) is 9.78 Å². The first kappa shape index (κ1) is 11.4. The summed E-state index contributed by atoms with van der Waals surface area (Å²) < 4.78 is 0. The van der Waals surface area contributed by atoms with Crippen LogP contribution in [-0.2, 0) is 6.61 Å². The third-order valence-corrected chi connectivity index (χ3v) is 2.60. The van der Waals surface area contributed by atoms with E-state index in [1.165, 1.54) is 0 Å². The maximum absolute atomic E-state index is 11.8. The minimum absolute atomic E-state index is 0.252. The minimum atomic E-state index is -0.337. The topological polar surface area (TPSA) is 107 Å². The van der Waals surface area contributed by atoms with Gasteiger partial charge in [-0.05, 0) is 12.1 Å². The molecule has 0 unspecified atom stereocenters. The van der Waals surface area contributed by atoms with E-state index in [2.05, 4.69) is 25.3 Å². The first-order valence-electron chi connectivity index (χ1n) is 5.68. The van der Waals surface area contributed by atoms with E-state index in [9.17, 15) is 4.79 Å². The molecule has 96 valence electrons. The number of nitrogens with zero attached hydrogens (tertiary/aromatic N) is 2. The van der Waals surface area contributed by atoms with Crippen LogP contribution in [-0.4, -0.2) is 25.0 Å². The normalized spacial score (nSPS) is 10.8. The zero-order valence-electron chi connectivity index (χ0n) is 9.84. The number of nitrogens with one attached hydrogen (secondary N) is 3. The zero-order valence-corrected chi connectivity index (χ0v) is 9.84. The number of anilines is 2. The molecule has 0 amide bonds. The van der Waals surface area contributed by atoms with Gasteiger partial charge in [0.25, 0.3) is 5.56 Å². The van der Waals surface area contributed by atoms with Crippen molar-refractivity contribution in [1.82, 2.24) is 19.9 Å². The number of aromatic amines is 2. The third-order valence-electron chi connectivity index (χ3n) is 2.60. The van der Waals surface area contributed by atoms with Gasteiger partial charge in [-0.2, -0.15) is 4.98 Å². The fourth-order valence-electron chi connectivity index (χ4n) is 1.75. The standard InChI is InChI=1S/C12H11N5O2/c18-6-8-14-9-10(15-8)16-12(17-11(9)19)13-7-4-2-1-3-5-7/h1-5,18H,6H2,(H3,13,14,15,16,17,19). The molecule has 0 aliphatic heterocycles. The van der Waals surface area contributed by atoms with Crippen molar-refractivity contribution < 1.29 is 5.11 Å². The molecule has 1 aromatic carbocycles. The fourth-order valence-corrected chi connectivity index (χ4v) is 1.75. The number of rotatable bonds is 3. The van der Waals surface area contributed by atoms with Crippen molar-refractivity contribution in [3.63, 3.8) is 0 Å². The van der Waals surface area contributed by atoms with Gasteiger partial charge in [0.15, 0.2) is 11.2 Å². The number of para-hydroxylation sites is 1. The van der Waals surface area contributed by atoms with Gasteiger partial charge in [-0.25, -0.2) is 4.98 Å². The number of aliphatic hydroxyl groups excluding tert-OH is 1. The molecule has 7 nitrogen and oxygen atoms in total. The monoisotopic (exact) mass is 257 g/mol. The smallest absolute Gasteiger partial charge is 0.278 e. The number of aliphatic hydroxyl groups is 1. The second-order valence-corrected chi connectivity index (χ2v) is 3.95. The molecule has 0 aliphatic rings. The molecule has 0 saturated heterocycles. The number of imidazole rings is 1. The Morgan fingerprint density at radius 3 is 2.68 bits per heavy atom. The van der Waals surface area contributed by atoms with Crippen molar-refractivity contribution in [2.24, 2.45) is 0 Å². The van der Waals surface area contributed by atoms with E-state index in [1.807, 2.05) is 30.3 Å². The summed E-state index contributed by atoms with van der Waals surface area (Å²) >= 11 is 0. The van der Waals surface area contributed by atoms with Gasteiger partial charge in [0.1, 0.15) is 12.4 Å². The highest BCUT2D eigenvalue weighted by Gasteiger charge is 2.09. The van der Waals surface area contributed by atoms with Crippen LogP contribution in [0.4, 0.5) is 11.6 Å². The van der Waals surface area contributed by atoms with Crippen molar-refractivity contribution in [2.45, 2.75) is 6.61 Å². The predicted molar refractivity (Wildman–Crippen MR) is 70.2 cm³/mol. The molecule has 3 aromatic rings. The number of H-pyrrole nitrogens is 2. The van der Waals surface area contributed by atoms with E-state index < -0.39 is 0 Å². The summed E-state index contributed by atoms with van der Waals surface area (Å²) in [5.74, 6) is 0.615. The zero-order chi connectivity index (χ0) is 13.2. The second-order valence-electron chi connectivity index (χ2n) is 3.95. The number of benzene rings is 1. The van der Waals surface area contributed by atoms with Crippen LogP contribution < -0.4 is 10.9 Å². The van der Waals surface area contributed by atoms with Crippen LogP contribution >= 0.6 is 0 Å². The van der Waals surface area contributed by atoms with Crippen molar-refractivity contribution in [3.8, 4) is 0 Å². The lowest BCUT2D eigenvalue weighted by molar-refractivity contribution is 0.273. The average Bonchev–Trinajstić information content (AvgIpc) is 2.83. The van der Waals surface area contributed by atoms with Crippen molar-refractivity contribution in [3.05, 3.63) is 46.5 Å². The van der Waals surface area contributed by atoms with Gasteiger partial charge in [0.2, 0.25) is 5.95 Å². The number of hydrogen-bond donors (Lipinski definition) is 4. The average molecular weight is 257 g/mol. The molecular formula is C12H11N5O2. The number of fused-ring (bicyclic) bond motifs is 1. The minimum Gasteiger partial charge on any atom is -0.388 e. The summed E-state index contributed by atoms with van der Waals surface area (Å²) in [7, 11) is 0. The van der Waals surface area contributed by atoms with Gasteiger partial charge in [0.05, 0.1) is 0 Å². The van der Waals surface area contributed by atoms with Crippen LogP contribution in [0.25, 0.3) is 11.2 Å². The Bertz CT molecular complexity index is 763. The summed E-state index contributed by atoms with van der Waals surface area (Å²) in [5, 5.41) is 12.0. The second kappa shape index (κ2) is 4.54. The molecule has 0 spiro atoms. The lowest BCUT2D eigenvalue weighted by Gasteiger charge is -2.03. The van der Waals surface area contributed by atoms with E-state index >= 15 is 0 Å². The lowest BCUT2D eigenvalue weighted by Crippen LogP contribution is -2.11. The maximum Gasteiger partial charge on any atom is 0.278 e. The Hall–Kier alpha value is -2.67. The molecule has 2 aromatic heterocycles. The van der Waals surface area contributed by atoms with Gasteiger partial charge >= 0.3 is 0 Å². The van der Waals surface area contributed by atoms with E-state index in [0.29, 0.717) is 11.8 Å². The van der Waals surface area contributed by atoms with E-state index in [4.69, 9.17) is 5.11 Å². The van der Waals surface area contributed by atoms with Gasteiger partial charge in [-0.1, -0.05) is 18.2 Å². The van der Waals surface area contributed by atoms with Crippen LogP contribution in [0.15, 0.2) is 35.1 Å². The number of aromatic nitrogens is 4. The van der Waals surface area contributed by atoms with E-state index in [1.54, 1.807) is 0 Å². The number of hydrogen-bond acceptors (Lipinski definition) is 5. The van der Waals surface area contributed by atoms with E-state index in [0.717, 1.165) is 5.69 Å². The predicted octanol–water partition coefficient (Wildman–Crippen LogP) is 0.882. The first-order chi connectivity index (χ1) is 9.26. The Morgan fingerprint density at radius 2 is 1.95 bits per heavy atom. The third kappa shape index (κ3) is 2.18. The molecule has 0 saturated carbocycles. The summed E-state index contributed by atoms with van der Waals surface area (Å²) in [6, 6.07) is 9.35. The quantitative estimate of drug-likeness (QED) is 0.557. The molecule has 0 fully saturated rings. The molecule has 2 heterocycles. The van der Waals surface area contributed by atoms with Gasteiger partial charge in [0, 0.05) is 5.69 Å². The highest BCUT2D eigenvalue weighted by atomic mass is 16.3. The molecule has 19 heavy (non-hydrogen) atoms. The van der Waals surface area contributed by atoms with Crippen molar-refractivity contribution in [2.75, 3.05) is 5.32 Å². The molecular weight excluding hydrogens is 246 g/mol. The van der Waals surface area contributed by atoms with Crippen molar-refractivity contribution in [1.29, 1.82) is 0 Å². The Balaban J connectivity index is 2.03. The first-order valence-corrected chi connectivity index (χ1v) is 5.68. The van der Waals surface area contributed by atoms with Crippen LogP contribution in [0.3, 0.4) is 0 Å². The maximum atomic E-state index is 11.8. The molecule has 4 N–H and O–H groups in total. The Labute approximate surface area is 107 Å². The molecule has 0 bridgehead atoms. The van der Waals surface area contributed by atoms with Crippen LogP contribution in [0.2, 0.25) is 0 Å². The molecule has 3 rings (SSSR count). The molecule has 0 aliphatic carbocycles. The lowest BCUT2D eigenvalue weighted by atomic mass is 10.3. The van der Waals surface area contributed by atoms with Gasteiger partial charge in [-0.15, -0.1) is 0 Å². The fraction of sp³-hybridized carbons (Fsp3) is 0.0833. The highest BCUT2D eigenvalue weighted by Crippen LogP contribution is 2.12. The van der Waals surface area contributed by atoms with Gasteiger partial charge < -0.3 is 15.4 Å². The Morgan fingerprint density at radius 1 is 1.16 bits per heavy atom. The summed E-state index contributed by atoms with van der Waals surface area (Å²) in [6.07, 6.45) is 0. The summed E-state index contributed by atoms with van der Waals surface area (Å²) in [5.41, 5.74) is 0.993. The molecule has 0 radical (unpaired) electrons. The molecule has 0 atom stereocenters. The highest BCUT2D eigenvalue weighted by molar-refractivity contribution is 5.71. The Kier molecular flexibility index (Phi) is 2.73. The van der Waals surface area contributed by atoms with Crippen LogP contribution in [0.1, 0.15) is 5.82 Å². The SMILES string of the molecule is O=c1[nH]c(Nc2ccccc2)nc2nc(CO)[nH]c12. The largest absolute Gasteiger partial charge is 0.388 e. The molecule has 7 heteroatoms.